The topological polar surface area (TPSA) is 85.8 Å². The number of carbonyl (C=O) groups is 1. The summed E-state index contributed by atoms with van der Waals surface area (Å²) in [5, 5.41) is 10.5. The van der Waals surface area contributed by atoms with Gasteiger partial charge >= 0.3 is 0 Å². The summed E-state index contributed by atoms with van der Waals surface area (Å²) in [6.45, 7) is 0.573. The van der Waals surface area contributed by atoms with E-state index in [4.69, 9.17) is 5.73 Å². The Morgan fingerprint density at radius 3 is 2.38 bits per heavy atom. The van der Waals surface area contributed by atoms with Gasteiger partial charge in [-0.1, -0.05) is 60.7 Å². The molecule has 3 aromatic rings. The van der Waals surface area contributed by atoms with E-state index in [0.717, 1.165) is 11.1 Å². The van der Waals surface area contributed by atoms with Gasteiger partial charge in [-0.15, -0.1) is 22.6 Å². The fourth-order valence-corrected chi connectivity index (χ4v) is 2.25. The van der Waals surface area contributed by atoms with Gasteiger partial charge in [0.1, 0.15) is 12.4 Å². The van der Waals surface area contributed by atoms with Crippen LogP contribution in [0, 0.1) is 0 Å². The Kier molecular flexibility index (Phi) is 6.06. The van der Waals surface area contributed by atoms with Crippen molar-refractivity contribution >= 4 is 24.3 Å². The minimum atomic E-state index is -0.752. The number of nitrogens with one attached hydrogen (secondary N) is 1. The molecule has 0 aliphatic rings. The van der Waals surface area contributed by atoms with Crippen molar-refractivity contribution in [2.75, 3.05) is 5.32 Å². The van der Waals surface area contributed by atoms with Crippen LogP contribution in [0.2, 0.25) is 0 Å². The number of nitrogens with zero attached hydrogens (tertiary/aromatic N) is 3. The molecule has 1 heterocycles. The van der Waals surface area contributed by atoms with E-state index in [1.54, 1.807) is 10.9 Å². The van der Waals surface area contributed by atoms with Crippen molar-refractivity contribution in [1.82, 2.24) is 14.8 Å². The van der Waals surface area contributed by atoms with Gasteiger partial charge in [-0.3, -0.25) is 14.7 Å². The van der Waals surface area contributed by atoms with Gasteiger partial charge in [0.25, 0.3) is 0 Å². The Hall–Kier alpha value is -2.70. The number of anilines is 1. The quantitative estimate of drug-likeness (QED) is 0.744. The highest BCUT2D eigenvalue weighted by Gasteiger charge is 2.18. The molecule has 1 aromatic heterocycles. The number of nitrogens with two attached hydrogens (primary N) is 1. The number of benzene rings is 2. The van der Waals surface area contributed by atoms with Crippen LogP contribution >= 0.6 is 12.4 Å². The molecule has 6 nitrogen and oxygen atoms in total. The lowest BCUT2D eigenvalue weighted by molar-refractivity contribution is -0.117. The normalized spacial score (nSPS) is 11.4. The predicted molar refractivity (Wildman–Crippen MR) is 94.8 cm³/mol. The second-order valence-electron chi connectivity index (χ2n) is 5.15. The summed E-state index contributed by atoms with van der Waals surface area (Å²) in [5.41, 5.74) is 7.83. The van der Waals surface area contributed by atoms with Crippen LogP contribution in [-0.4, -0.2) is 20.7 Å². The van der Waals surface area contributed by atoms with Crippen molar-refractivity contribution in [2.24, 2.45) is 5.73 Å². The van der Waals surface area contributed by atoms with E-state index in [1.807, 2.05) is 60.7 Å². The number of rotatable bonds is 5. The zero-order valence-corrected chi connectivity index (χ0v) is 13.7. The van der Waals surface area contributed by atoms with Gasteiger partial charge in [0.2, 0.25) is 11.9 Å². The Morgan fingerprint density at radius 2 is 1.71 bits per heavy atom. The van der Waals surface area contributed by atoms with Gasteiger partial charge in [0, 0.05) is 0 Å². The largest absolute Gasteiger partial charge is 0.316 e. The molecule has 1 amide bonds. The molecule has 3 N–H and O–H groups in total. The monoisotopic (exact) mass is 343 g/mol. The summed E-state index contributed by atoms with van der Waals surface area (Å²) >= 11 is 0. The van der Waals surface area contributed by atoms with Crippen molar-refractivity contribution in [3.05, 3.63) is 78.1 Å². The lowest BCUT2D eigenvalue weighted by Gasteiger charge is -2.13. The van der Waals surface area contributed by atoms with Crippen LogP contribution < -0.4 is 11.1 Å². The number of hydrogen-bond donors (Lipinski definition) is 2. The molecule has 3 rings (SSSR count). The van der Waals surface area contributed by atoms with E-state index in [9.17, 15) is 4.79 Å². The number of carbonyl (C=O) groups excluding carboxylic acids is 1. The van der Waals surface area contributed by atoms with E-state index in [0.29, 0.717) is 12.5 Å². The van der Waals surface area contributed by atoms with E-state index < -0.39 is 6.04 Å². The van der Waals surface area contributed by atoms with E-state index in [1.165, 1.54) is 0 Å². The molecule has 0 aliphatic carbocycles. The van der Waals surface area contributed by atoms with Crippen LogP contribution in [0.1, 0.15) is 17.2 Å². The molecular weight excluding hydrogens is 326 g/mol. The van der Waals surface area contributed by atoms with Crippen LogP contribution in [-0.2, 0) is 11.3 Å². The third kappa shape index (κ3) is 4.18. The van der Waals surface area contributed by atoms with Gasteiger partial charge in [-0.2, -0.15) is 0 Å². The zero-order valence-electron chi connectivity index (χ0n) is 12.9. The lowest BCUT2D eigenvalue weighted by Crippen LogP contribution is -2.29. The predicted octanol–water partition coefficient (Wildman–Crippen LogP) is 2.39. The molecule has 24 heavy (non-hydrogen) atoms. The second kappa shape index (κ2) is 8.24. The van der Waals surface area contributed by atoms with Crippen LogP contribution in [0.3, 0.4) is 0 Å². The molecule has 1 atom stereocenters. The zero-order chi connectivity index (χ0) is 16.1. The van der Waals surface area contributed by atoms with Crippen molar-refractivity contribution in [3.8, 4) is 0 Å². The molecule has 0 bridgehead atoms. The van der Waals surface area contributed by atoms with Gasteiger partial charge in [-0.25, -0.2) is 0 Å². The molecule has 1 unspecified atom stereocenters. The van der Waals surface area contributed by atoms with Crippen molar-refractivity contribution < 1.29 is 4.79 Å². The number of halogens is 1. The SMILES string of the molecule is Cl.NC(C(=O)Nc1nncn1Cc1ccccc1)c1ccccc1. The van der Waals surface area contributed by atoms with Crippen LogP contribution in [0.5, 0.6) is 0 Å². The van der Waals surface area contributed by atoms with E-state index >= 15 is 0 Å². The molecule has 2 aromatic carbocycles. The van der Waals surface area contributed by atoms with Crippen molar-refractivity contribution in [2.45, 2.75) is 12.6 Å². The first-order valence-corrected chi connectivity index (χ1v) is 7.27. The molecule has 124 valence electrons. The van der Waals surface area contributed by atoms with Gasteiger partial charge in [0.05, 0.1) is 6.54 Å². The first-order valence-electron chi connectivity index (χ1n) is 7.27. The number of hydrogen-bond acceptors (Lipinski definition) is 4. The molecule has 0 saturated heterocycles. The standard InChI is InChI=1S/C17H17N5O.ClH/c18-15(14-9-5-2-6-10-14)16(23)20-17-21-19-12-22(17)11-13-7-3-1-4-8-13;/h1-10,12,15H,11,18H2,(H,20,21,23);1H. The minimum Gasteiger partial charge on any atom is -0.316 e. The van der Waals surface area contributed by atoms with Crippen molar-refractivity contribution in [1.29, 1.82) is 0 Å². The van der Waals surface area contributed by atoms with Crippen molar-refractivity contribution in [3.63, 3.8) is 0 Å². The third-order valence-corrected chi connectivity index (χ3v) is 3.49. The summed E-state index contributed by atoms with van der Waals surface area (Å²) in [6, 6.07) is 18.3. The minimum absolute atomic E-state index is 0. The molecule has 0 aliphatic heterocycles. The highest BCUT2D eigenvalue weighted by Crippen LogP contribution is 2.13. The smallest absolute Gasteiger partial charge is 0.248 e. The number of aromatic nitrogens is 3. The Bertz CT molecular complexity index is 776. The average molecular weight is 344 g/mol. The lowest BCUT2D eigenvalue weighted by atomic mass is 10.1. The van der Waals surface area contributed by atoms with Gasteiger partial charge in [-0.05, 0) is 11.1 Å². The fraction of sp³-hybridized carbons (Fsp3) is 0.118. The van der Waals surface area contributed by atoms with E-state index in [-0.39, 0.29) is 18.3 Å². The maximum atomic E-state index is 12.3. The Balaban J connectivity index is 0.00000208. The summed E-state index contributed by atoms with van der Waals surface area (Å²) in [7, 11) is 0. The molecule has 0 saturated carbocycles. The molecule has 0 fully saturated rings. The maximum absolute atomic E-state index is 12.3. The molecular formula is C17H18ClN5O. The summed E-state index contributed by atoms with van der Waals surface area (Å²) in [4.78, 5) is 12.3. The second-order valence-corrected chi connectivity index (χ2v) is 5.15. The molecule has 0 radical (unpaired) electrons. The highest BCUT2D eigenvalue weighted by molar-refractivity contribution is 5.94. The summed E-state index contributed by atoms with van der Waals surface area (Å²) in [5.74, 6) is 0.0590. The number of amides is 1. The van der Waals surface area contributed by atoms with E-state index in [2.05, 4.69) is 15.5 Å². The molecule has 0 spiro atoms. The van der Waals surface area contributed by atoms with Gasteiger partial charge in [0.15, 0.2) is 0 Å². The maximum Gasteiger partial charge on any atom is 0.248 e. The third-order valence-electron chi connectivity index (χ3n) is 3.49. The Labute approximate surface area is 146 Å². The summed E-state index contributed by atoms with van der Waals surface area (Å²) < 4.78 is 1.77. The first-order chi connectivity index (χ1) is 11.2. The highest BCUT2D eigenvalue weighted by atomic mass is 35.5. The average Bonchev–Trinajstić information content (AvgIpc) is 3.02. The van der Waals surface area contributed by atoms with Gasteiger partial charge < -0.3 is 5.73 Å². The van der Waals surface area contributed by atoms with Crippen LogP contribution in [0.4, 0.5) is 5.95 Å². The Morgan fingerprint density at radius 1 is 1.08 bits per heavy atom. The van der Waals surface area contributed by atoms with Crippen LogP contribution in [0.15, 0.2) is 67.0 Å². The first kappa shape index (κ1) is 17.7. The summed E-state index contributed by atoms with van der Waals surface area (Å²) in [6.07, 6.45) is 1.58. The van der Waals surface area contributed by atoms with Crippen LogP contribution in [0.25, 0.3) is 0 Å². The molecule has 7 heteroatoms. The fourth-order valence-electron chi connectivity index (χ4n) is 2.25.